The van der Waals surface area contributed by atoms with Crippen LogP contribution >= 0.6 is 0 Å². The molecular formula is C7H8F2N2O4S. The van der Waals surface area contributed by atoms with Crippen molar-refractivity contribution in [3.05, 3.63) is 21.9 Å². The predicted molar refractivity (Wildman–Crippen MR) is 49.9 cm³/mol. The number of halogens is 2. The highest BCUT2D eigenvalue weighted by Crippen LogP contribution is 2.24. The summed E-state index contributed by atoms with van der Waals surface area (Å²) in [6.07, 6.45) is -3.08. The zero-order valence-electron chi connectivity index (χ0n) is 8.03. The third kappa shape index (κ3) is 2.36. The summed E-state index contributed by atoms with van der Waals surface area (Å²) >= 11 is 0. The lowest BCUT2D eigenvalue weighted by Gasteiger charge is -2.08. The molecule has 9 heteroatoms. The van der Waals surface area contributed by atoms with Gasteiger partial charge in [-0.2, -0.15) is 0 Å². The molecule has 90 valence electrons. The molecule has 1 rings (SSSR count). The largest absolute Gasteiger partial charge is 0.482 e. The van der Waals surface area contributed by atoms with Crippen molar-refractivity contribution in [1.29, 1.82) is 0 Å². The Morgan fingerprint density at radius 1 is 1.50 bits per heavy atom. The molecule has 0 aromatic carbocycles. The van der Waals surface area contributed by atoms with Crippen LogP contribution in [0.4, 0.5) is 8.78 Å². The van der Waals surface area contributed by atoms with Crippen LogP contribution in [0.5, 0.6) is 5.88 Å². The van der Waals surface area contributed by atoms with Gasteiger partial charge in [-0.25, -0.2) is 22.3 Å². The first-order chi connectivity index (χ1) is 7.27. The van der Waals surface area contributed by atoms with Crippen LogP contribution in [0.25, 0.3) is 0 Å². The number of rotatable bonds is 3. The monoisotopic (exact) mass is 254 g/mol. The van der Waals surface area contributed by atoms with Crippen molar-refractivity contribution in [2.45, 2.75) is 11.5 Å². The van der Waals surface area contributed by atoms with Crippen molar-refractivity contribution in [3.63, 3.8) is 0 Å². The van der Waals surface area contributed by atoms with Crippen LogP contribution in [0.1, 0.15) is 12.0 Å². The first-order valence-corrected chi connectivity index (χ1v) is 5.44. The first kappa shape index (κ1) is 12.6. The SMILES string of the molecule is COc1[nH]c(S(N)(=O)=O)cc(=O)c1C(F)F. The molecule has 0 atom stereocenters. The second kappa shape index (κ2) is 4.18. The minimum Gasteiger partial charge on any atom is -0.482 e. The smallest absolute Gasteiger partial charge is 0.272 e. The summed E-state index contributed by atoms with van der Waals surface area (Å²) in [6.45, 7) is 0. The molecule has 0 saturated carbocycles. The highest BCUT2D eigenvalue weighted by Gasteiger charge is 2.22. The molecule has 0 aliphatic heterocycles. The number of hydrogen-bond donors (Lipinski definition) is 2. The number of primary sulfonamides is 1. The van der Waals surface area contributed by atoms with E-state index in [1.54, 1.807) is 0 Å². The number of H-pyrrole nitrogens is 1. The molecule has 6 nitrogen and oxygen atoms in total. The summed E-state index contributed by atoms with van der Waals surface area (Å²) in [5.41, 5.74) is -2.09. The molecule has 0 aliphatic carbocycles. The van der Waals surface area contributed by atoms with Crippen LogP contribution in [0.2, 0.25) is 0 Å². The lowest BCUT2D eigenvalue weighted by molar-refractivity contribution is 0.144. The topological polar surface area (TPSA) is 102 Å². The molecule has 16 heavy (non-hydrogen) atoms. The number of alkyl halides is 2. The molecule has 0 radical (unpaired) electrons. The number of sulfonamides is 1. The molecule has 0 spiro atoms. The first-order valence-electron chi connectivity index (χ1n) is 3.89. The molecule has 3 N–H and O–H groups in total. The second-order valence-corrected chi connectivity index (χ2v) is 4.32. The quantitative estimate of drug-likeness (QED) is 0.790. The Hall–Kier alpha value is -1.48. The van der Waals surface area contributed by atoms with E-state index in [0.717, 1.165) is 7.11 Å². The summed E-state index contributed by atoms with van der Waals surface area (Å²) in [6, 6.07) is 0.485. The van der Waals surface area contributed by atoms with Crippen LogP contribution < -0.4 is 15.3 Å². The van der Waals surface area contributed by atoms with E-state index < -0.39 is 38.3 Å². The molecule has 0 fully saturated rings. The molecule has 0 bridgehead atoms. The summed E-state index contributed by atoms with van der Waals surface area (Å²) in [4.78, 5) is 13.2. The molecule has 1 heterocycles. The fourth-order valence-corrected chi connectivity index (χ4v) is 1.55. The van der Waals surface area contributed by atoms with E-state index in [0.29, 0.717) is 6.07 Å². The Labute approximate surface area is 89.1 Å². The highest BCUT2D eigenvalue weighted by atomic mass is 32.2. The third-order valence-corrected chi connectivity index (χ3v) is 2.57. The van der Waals surface area contributed by atoms with Crippen LogP contribution in [-0.2, 0) is 10.0 Å². The Bertz CT molecular complexity index is 552. The minimum atomic E-state index is -4.18. The van der Waals surface area contributed by atoms with Gasteiger partial charge in [-0.1, -0.05) is 0 Å². The van der Waals surface area contributed by atoms with Gasteiger partial charge in [0.1, 0.15) is 5.56 Å². The summed E-state index contributed by atoms with van der Waals surface area (Å²) in [5.74, 6) is -0.619. The maximum absolute atomic E-state index is 12.4. The van der Waals surface area contributed by atoms with Crippen molar-refractivity contribution in [2.75, 3.05) is 7.11 Å². The normalized spacial score (nSPS) is 11.8. The van der Waals surface area contributed by atoms with Crippen molar-refractivity contribution in [2.24, 2.45) is 5.14 Å². The van der Waals surface area contributed by atoms with Crippen molar-refractivity contribution >= 4 is 10.0 Å². The molecule has 1 aromatic rings. The average molecular weight is 254 g/mol. The zero-order valence-corrected chi connectivity index (χ0v) is 8.85. The van der Waals surface area contributed by atoms with Crippen LogP contribution in [0.3, 0.4) is 0 Å². The van der Waals surface area contributed by atoms with Gasteiger partial charge < -0.3 is 9.72 Å². The number of nitrogens with one attached hydrogen (secondary N) is 1. The lowest BCUT2D eigenvalue weighted by atomic mass is 10.3. The Morgan fingerprint density at radius 3 is 2.44 bits per heavy atom. The van der Waals surface area contributed by atoms with Gasteiger partial charge in [0.05, 0.1) is 7.11 Å². The number of nitrogens with two attached hydrogens (primary N) is 1. The zero-order chi connectivity index (χ0) is 12.5. The number of methoxy groups -OCH3 is 1. The van der Waals surface area contributed by atoms with Crippen molar-refractivity contribution in [1.82, 2.24) is 4.98 Å². The standard InChI is InChI=1S/C7H8F2N2O4S/c1-15-7-5(6(8)9)3(12)2-4(11-7)16(10,13)14/h2,6H,1H3,(H,11,12)(H2,10,13,14). The van der Waals surface area contributed by atoms with Gasteiger partial charge in [0, 0.05) is 6.07 Å². The van der Waals surface area contributed by atoms with Crippen LogP contribution in [-0.4, -0.2) is 20.5 Å². The van der Waals surface area contributed by atoms with Gasteiger partial charge in [-0.3, -0.25) is 4.79 Å². The maximum Gasteiger partial charge on any atom is 0.272 e. The van der Waals surface area contributed by atoms with Gasteiger partial charge in [0.15, 0.2) is 10.5 Å². The Kier molecular flexibility index (Phi) is 3.29. The summed E-state index contributed by atoms with van der Waals surface area (Å²) in [5, 5.41) is 4.05. The van der Waals surface area contributed by atoms with E-state index in [1.165, 1.54) is 0 Å². The molecular weight excluding hydrogens is 246 g/mol. The minimum absolute atomic E-state index is 0.485. The van der Waals surface area contributed by atoms with E-state index in [1.807, 2.05) is 4.98 Å². The fraction of sp³-hybridized carbons (Fsp3) is 0.286. The number of pyridine rings is 1. The summed E-state index contributed by atoms with van der Waals surface area (Å²) < 4.78 is 51.1. The fourth-order valence-electron chi connectivity index (χ4n) is 1.04. The molecule has 1 aromatic heterocycles. The van der Waals surface area contributed by atoms with Crippen molar-refractivity contribution < 1.29 is 21.9 Å². The van der Waals surface area contributed by atoms with Gasteiger partial charge in [-0.15, -0.1) is 0 Å². The third-order valence-electron chi connectivity index (χ3n) is 1.74. The van der Waals surface area contributed by atoms with Crippen LogP contribution in [0.15, 0.2) is 15.9 Å². The van der Waals surface area contributed by atoms with Crippen molar-refractivity contribution in [3.8, 4) is 5.88 Å². The summed E-state index contributed by atoms with van der Waals surface area (Å²) in [7, 11) is -3.16. The second-order valence-electron chi connectivity index (χ2n) is 2.79. The van der Waals surface area contributed by atoms with Gasteiger partial charge in [-0.05, 0) is 0 Å². The Balaban J connectivity index is 3.57. The van der Waals surface area contributed by atoms with E-state index in [9.17, 15) is 22.0 Å². The van der Waals surface area contributed by atoms with E-state index in [-0.39, 0.29) is 0 Å². The number of hydrogen-bond acceptors (Lipinski definition) is 4. The van der Waals surface area contributed by atoms with E-state index >= 15 is 0 Å². The predicted octanol–water partition coefficient (Wildman–Crippen LogP) is -0.0315. The lowest BCUT2D eigenvalue weighted by Crippen LogP contribution is -2.20. The molecule has 0 aliphatic rings. The number of aromatic amines is 1. The average Bonchev–Trinajstić information content (AvgIpc) is 2.14. The van der Waals surface area contributed by atoms with E-state index in [2.05, 4.69) is 4.74 Å². The number of aromatic nitrogens is 1. The van der Waals surface area contributed by atoms with Crippen LogP contribution in [0, 0.1) is 0 Å². The maximum atomic E-state index is 12.4. The Morgan fingerprint density at radius 2 is 2.06 bits per heavy atom. The molecule has 0 saturated heterocycles. The molecule has 0 amide bonds. The van der Waals surface area contributed by atoms with Gasteiger partial charge >= 0.3 is 0 Å². The highest BCUT2D eigenvalue weighted by molar-refractivity contribution is 7.89. The van der Waals surface area contributed by atoms with Gasteiger partial charge in [0.2, 0.25) is 5.88 Å². The molecule has 0 unspecified atom stereocenters. The van der Waals surface area contributed by atoms with Gasteiger partial charge in [0.25, 0.3) is 16.4 Å². The van der Waals surface area contributed by atoms with E-state index in [4.69, 9.17) is 5.14 Å². The number of ether oxygens (including phenoxy) is 1.